The quantitative estimate of drug-likeness (QED) is 0.816. The van der Waals surface area contributed by atoms with Crippen molar-refractivity contribution in [2.75, 3.05) is 18.1 Å². The summed E-state index contributed by atoms with van der Waals surface area (Å²) in [6, 6.07) is 2.71. The van der Waals surface area contributed by atoms with Crippen molar-refractivity contribution in [1.82, 2.24) is 15.1 Å². The number of aromatic nitrogens is 2. The second-order valence-corrected chi connectivity index (χ2v) is 4.83. The standard InChI is InChI=1S/C10H17N3S/c1-4-12-13(6-1)7-5-11-10-2-8-14-9-3-10/h1,4,6,10-11H,2-3,5,7-9H2. The molecule has 0 radical (unpaired) electrons. The van der Waals surface area contributed by atoms with Crippen molar-refractivity contribution in [2.24, 2.45) is 0 Å². The number of rotatable bonds is 4. The molecule has 0 atom stereocenters. The molecule has 1 aromatic rings. The fourth-order valence-corrected chi connectivity index (χ4v) is 2.82. The lowest BCUT2D eigenvalue weighted by Gasteiger charge is -2.22. The Labute approximate surface area is 89.3 Å². The maximum Gasteiger partial charge on any atom is 0.0534 e. The first-order valence-corrected chi connectivity index (χ1v) is 6.39. The Bertz CT molecular complexity index is 242. The predicted molar refractivity (Wildman–Crippen MR) is 60.6 cm³/mol. The largest absolute Gasteiger partial charge is 0.312 e. The molecule has 0 aliphatic carbocycles. The number of nitrogens with zero attached hydrogens (tertiary/aromatic N) is 2. The third kappa shape index (κ3) is 3.03. The van der Waals surface area contributed by atoms with Crippen molar-refractivity contribution in [1.29, 1.82) is 0 Å². The minimum atomic E-state index is 0.742. The highest BCUT2D eigenvalue weighted by Gasteiger charge is 2.11. The Morgan fingerprint density at radius 2 is 2.29 bits per heavy atom. The number of hydrogen-bond acceptors (Lipinski definition) is 3. The molecule has 1 saturated heterocycles. The van der Waals surface area contributed by atoms with E-state index in [0.29, 0.717) is 0 Å². The molecule has 14 heavy (non-hydrogen) atoms. The Kier molecular flexibility index (Phi) is 3.89. The van der Waals surface area contributed by atoms with Crippen LogP contribution in [0.2, 0.25) is 0 Å². The molecular weight excluding hydrogens is 194 g/mol. The number of hydrogen-bond donors (Lipinski definition) is 1. The maximum atomic E-state index is 4.17. The van der Waals surface area contributed by atoms with Crippen LogP contribution in [0.5, 0.6) is 0 Å². The van der Waals surface area contributed by atoms with E-state index in [9.17, 15) is 0 Å². The van der Waals surface area contributed by atoms with E-state index in [1.165, 1.54) is 24.3 Å². The molecule has 0 unspecified atom stereocenters. The van der Waals surface area contributed by atoms with Gasteiger partial charge in [-0.1, -0.05) is 0 Å². The summed E-state index contributed by atoms with van der Waals surface area (Å²) in [4.78, 5) is 0. The van der Waals surface area contributed by atoms with Crippen LogP contribution in [-0.4, -0.2) is 33.9 Å². The van der Waals surface area contributed by atoms with E-state index < -0.39 is 0 Å². The van der Waals surface area contributed by atoms with Crippen molar-refractivity contribution < 1.29 is 0 Å². The first kappa shape index (κ1) is 10.1. The average molecular weight is 211 g/mol. The molecule has 4 heteroatoms. The first-order valence-electron chi connectivity index (χ1n) is 5.24. The van der Waals surface area contributed by atoms with Gasteiger partial charge in [0.15, 0.2) is 0 Å². The maximum absolute atomic E-state index is 4.17. The van der Waals surface area contributed by atoms with Gasteiger partial charge in [-0.25, -0.2) is 0 Å². The van der Waals surface area contributed by atoms with E-state index in [0.717, 1.165) is 19.1 Å². The van der Waals surface area contributed by atoms with Gasteiger partial charge < -0.3 is 5.32 Å². The van der Waals surface area contributed by atoms with Gasteiger partial charge in [0.1, 0.15) is 0 Å². The number of thioether (sulfide) groups is 1. The second-order valence-electron chi connectivity index (χ2n) is 3.61. The van der Waals surface area contributed by atoms with E-state index in [-0.39, 0.29) is 0 Å². The Hall–Kier alpha value is -0.480. The summed E-state index contributed by atoms with van der Waals surface area (Å²) < 4.78 is 1.98. The molecule has 2 heterocycles. The molecule has 0 amide bonds. The Morgan fingerprint density at radius 3 is 3.00 bits per heavy atom. The summed E-state index contributed by atoms with van der Waals surface area (Å²) in [5.74, 6) is 2.64. The average Bonchev–Trinajstić information content (AvgIpc) is 2.72. The van der Waals surface area contributed by atoms with Crippen molar-refractivity contribution in [3.8, 4) is 0 Å². The zero-order valence-electron chi connectivity index (χ0n) is 8.35. The zero-order chi connectivity index (χ0) is 9.64. The molecule has 0 bridgehead atoms. The van der Waals surface area contributed by atoms with Crippen molar-refractivity contribution in [2.45, 2.75) is 25.4 Å². The molecule has 3 nitrogen and oxygen atoms in total. The zero-order valence-corrected chi connectivity index (χ0v) is 9.17. The highest BCUT2D eigenvalue weighted by molar-refractivity contribution is 7.99. The van der Waals surface area contributed by atoms with E-state index in [2.05, 4.69) is 22.2 Å². The van der Waals surface area contributed by atoms with Crippen LogP contribution in [0.25, 0.3) is 0 Å². The van der Waals surface area contributed by atoms with E-state index in [1.54, 1.807) is 0 Å². The van der Waals surface area contributed by atoms with Gasteiger partial charge in [0.2, 0.25) is 0 Å². The lowest BCUT2D eigenvalue weighted by molar-refractivity contribution is 0.453. The molecule has 1 aromatic heterocycles. The molecule has 1 N–H and O–H groups in total. The minimum absolute atomic E-state index is 0.742. The van der Waals surface area contributed by atoms with Gasteiger partial charge in [-0.3, -0.25) is 4.68 Å². The highest BCUT2D eigenvalue weighted by atomic mass is 32.2. The van der Waals surface area contributed by atoms with Gasteiger partial charge in [-0.05, 0) is 30.4 Å². The van der Waals surface area contributed by atoms with Crippen LogP contribution >= 0.6 is 11.8 Å². The predicted octanol–water partition coefficient (Wildman–Crippen LogP) is 1.37. The normalized spacial score (nSPS) is 18.6. The Balaban J connectivity index is 1.62. The van der Waals surface area contributed by atoms with Crippen molar-refractivity contribution in [3.05, 3.63) is 18.5 Å². The van der Waals surface area contributed by atoms with Crippen LogP contribution in [0.1, 0.15) is 12.8 Å². The summed E-state index contributed by atoms with van der Waals surface area (Å²) in [6.45, 7) is 2.02. The van der Waals surface area contributed by atoms with Gasteiger partial charge in [-0.2, -0.15) is 16.9 Å². The minimum Gasteiger partial charge on any atom is -0.312 e. The lowest BCUT2D eigenvalue weighted by Crippen LogP contribution is -2.34. The molecule has 1 aliphatic rings. The Morgan fingerprint density at radius 1 is 1.43 bits per heavy atom. The third-order valence-electron chi connectivity index (χ3n) is 2.55. The van der Waals surface area contributed by atoms with Gasteiger partial charge in [0, 0.05) is 25.0 Å². The highest BCUT2D eigenvalue weighted by Crippen LogP contribution is 2.16. The van der Waals surface area contributed by atoms with Crippen LogP contribution in [0.3, 0.4) is 0 Å². The fraction of sp³-hybridized carbons (Fsp3) is 0.700. The van der Waals surface area contributed by atoms with Crippen LogP contribution < -0.4 is 5.32 Å². The summed E-state index contributed by atoms with van der Waals surface area (Å²) in [7, 11) is 0. The van der Waals surface area contributed by atoms with Crippen LogP contribution in [-0.2, 0) is 6.54 Å². The number of nitrogens with one attached hydrogen (secondary N) is 1. The molecule has 2 rings (SSSR count). The fourth-order valence-electron chi connectivity index (χ4n) is 1.72. The summed E-state index contributed by atoms with van der Waals surface area (Å²) in [5, 5.41) is 7.76. The van der Waals surface area contributed by atoms with Crippen LogP contribution in [0.4, 0.5) is 0 Å². The molecule has 1 aliphatic heterocycles. The molecule has 78 valence electrons. The van der Waals surface area contributed by atoms with Crippen LogP contribution in [0.15, 0.2) is 18.5 Å². The third-order valence-corrected chi connectivity index (χ3v) is 3.60. The molecular formula is C10H17N3S. The first-order chi connectivity index (χ1) is 6.95. The van der Waals surface area contributed by atoms with E-state index in [1.807, 2.05) is 23.1 Å². The second kappa shape index (κ2) is 5.41. The smallest absolute Gasteiger partial charge is 0.0534 e. The summed E-state index contributed by atoms with van der Waals surface area (Å²) in [5.41, 5.74) is 0. The van der Waals surface area contributed by atoms with Crippen molar-refractivity contribution in [3.63, 3.8) is 0 Å². The molecule has 1 fully saturated rings. The summed E-state index contributed by atoms with van der Waals surface area (Å²) in [6.07, 6.45) is 6.49. The van der Waals surface area contributed by atoms with E-state index in [4.69, 9.17) is 0 Å². The van der Waals surface area contributed by atoms with E-state index >= 15 is 0 Å². The lowest BCUT2D eigenvalue weighted by atomic mass is 10.1. The van der Waals surface area contributed by atoms with Crippen molar-refractivity contribution >= 4 is 11.8 Å². The van der Waals surface area contributed by atoms with Crippen LogP contribution in [0, 0.1) is 0 Å². The van der Waals surface area contributed by atoms with Gasteiger partial charge >= 0.3 is 0 Å². The molecule has 0 saturated carbocycles. The summed E-state index contributed by atoms with van der Waals surface area (Å²) >= 11 is 2.07. The molecule has 0 aromatic carbocycles. The molecule has 0 spiro atoms. The SMILES string of the molecule is c1cnn(CCNC2CCSCC2)c1. The topological polar surface area (TPSA) is 29.9 Å². The van der Waals surface area contributed by atoms with Gasteiger partial charge in [0.05, 0.1) is 6.54 Å². The van der Waals surface area contributed by atoms with Gasteiger partial charge in [-0.15, -0.1) is 0 Å². The van der Waals surface area contributed by atoms with Gasteiger partial charge in [0.25, 0.3) is 0 Å². The monoisotopic (exact) mass is 211 g/mol.